The van der Waals surface area contributed by atoms with Crippen molar-refractivity contribution in [2.75, 3.05) is 20.3 Å². The van der Waals surface area contributed by atoms with E-state index in [0.717, 1.165) is 30.3 Å². The molecular weight excluding hydrogens is 245 g/mol. The van der Waals surface area contributed by atoms with Crippen molar-refractivity contribution in [1.29, 1.82) is 0 Å². The van der Waals surface area contributed by atoms with Crippen LogP contribution in [-0.4, -0.2) is 20.3 Å². The van der Waals surface area contributed by atoms with Gasteiger partial charge in [-0.3, -0.25) is 0 Å². The number of rotatable bonds is 6. The molecule has 1 aromatic rings. The third-order valence-electron chi connectivity index (χ3n) is 2.27. The highest BCUT2D eigenvalue weighted by atomic mass is 35.5. The topological polar surface area (TPSA) is 21.3 Å². The van der Waals surface area contributed by atoms with Crippen LogP contribution in [0.5, 0.6) is 0 Å². The molecule has 0 heterocycles. The van der Waals surface area contributed by atoms with Crippen LogP contribution in [0.4, 0.5) is 0 Å². The second kappa shape index (κ2) is 7.13. The Morgan fingerprint density at radius 2 is 2.12 bits per heavy atom. The van der Waals surface area contributed by atoms with E-state index in [-0.39, 0.29) is 0 Å². The third kappa shape index (κ3) is 4.71. The predicted octanol–water partition coefficient (Wildman–Crippen LogP) is 3.37. The SMILES string of the molecule is COCC(C)CNCc1cc(Cl)ccc1Cl. The maximum Gasteiger partial charge on any atom is 0.0499 e. The van der Waals surface area contributed by atoms with Crippen molar-refractivity contribution in [3.63, 3.8) is 0 Å². The highest BCUT2D eigenvalue weighted by Crippen LogP contribution is 2.20. The van der Waals surface area contributed by atoms with Gasteiger partial charge in [-0.2, -0.15) is 0 Å². The molecule has 1 aromatic carbocycles. The summed E-state index contributed by atoms with van der Waals surface area (Å²) in [6.45, 7) is 4.52. The molecule has 90 valence electrons. The zero-order chi connectivity index (χ0) is 12.0. The van der Waals surface area contributed by atoms with Crippen molar-refractivity contribution in [3.05, 3.63) is 33.8 Å². The summed E-state index contributed by atoms with van der Waals surface area (Å²) in [5, 5.41) is 4.79. The molecule has 0 radical (unpaired) electrons. The Kier molecular flexibility index (Phi) is 6.14. The zero-order valence-electron chi connectivity index (χ0n) is 9.59. The quantitative estimate of drug-likeness (QED) is 0.848. The third-order valence-corrected chi connectivity index (χ3v) is 2.87. The first kappa shape index (κ1) is 13.8. The monoisotopic (exact) mass is 261 g/mol. The molecule has 1 atom stereocenters. The molecule has 0 saturated heterocycles. The summed E-state index contributed by atoms with van der Waals surface area (Å²) in [6, 6.07) is 5.50. The van der Waals surface area contributed by atoms with Crippen LogP contribution < -0.4 is 5.32 Å². The number of benzene rings is 1. The Morgan fingerprint density at radius 3 is 2.81 bits per heavy atom. The zero-order valence-corrected chi connectivity index (χ0v) is 11.1. The van der Waals surface area contributed by atoms with Gasteiger partial charge in [0.2, 0.25) is 0 Å². The van der Waals surface area contributed by atoms with E-state index in [1.54, 1.807) is 13.2 Å². The lowest BCUT2D eigenvalue weighted by molar-refractivity contribution is 0.158. The molecule has 1 rings (SSSR count). The highest BCUT2D eigenvalue weighted by Gasteiger charge is 2.03. The van der Waals surface area contributed by atoms with E-state index in [1.807, 2.05) is 12.1 Å². The summed E-state index contributed by atoms with van der Waals surface area (Å²) in [4.78, 5) is 0. The van der Waals surface area contributed by atoms with E-state index in [0.29, 0.717) is 10.9 Å². The van der Waals surface area contributed by atoms with E-state index in [2.05, 4.69) is 12.2 Å². The largest absolute Gasteiger partial charge is 0.384 e. The van der Waals surface area contributed by atoms with Gasteiger partial charge in [-0.25, -0.2) is 0 Å². The van der Waals surface area contributed by atoms with E-state index in [4.69, 9.17) is 27.9 Å². The van der Waals surface area contributed by atoms with Crippen LogP contribution in [0, 0.1) is 5.92 Å². The molecule has 0 saturated carbocycles. The van der Waals surface area contributed by atoms with E-state index in [9.17, 15) is 0 Å². The maximum atomic E-state index is 6.05. The smallest absolute Gasteiger partial charge is 0.0499 e. The van der Waals surface area contributed by atoms with Crippen LogP contribution >= 0.6 is 23.2 Å². The maximum absolute atomic E-state index is 6.05. The van der Waals surface area contributed by atoms with Gasteiger partial charge in [0.1, 0.15) is 0 Å². The van der Waals surface area contributed by atoms with Crippen molar-refractivity contribution in [2.45, 2.75) is 13.5 Å². The lowest BCUT2D eigenvalue weighted by Gasteiger charge is -2.12. The van der Waals surface area contributed by atoms with Crippen LogP contribution in [0.25, 0.3) is 0 Å². The number of hydrogen-bond donors (Lipinski definition) is 1. The van der Waals surface area contributed by atoms with Gasteiger partial charge < -0.3 is 10.1 Å². The van der Waals surface area contributed by atoms with Crippen LogP contribution in [-0.2, 0) is 11.3 Å². The minimum Gasteiger partial charge on any atom is -0.384 e. The van der Waals surface area contributed by atoms with Crippen molar-refractivity contribution in [1.82, 2.24) is 5.32 Å². The summed E-state index contributed by atoms with van der Waals surface area (Å²) in [5.41, 5.74) is 1.03. The van der Waals surface area contributed by atoms with Crippen molar-refractivity contribution in [3.8, 4) is 0 Å². The van der Waals surface area contributed by atoms with Crippen LogP contribution in [0.2, 0.25) is 10.0 Å². The normalized spacial score (nSPS) is 12.8. The molecular formula is C12H17Cl2NO. The number of halogens is 2. The highest BCUT2D eigenvalue weighted by molar-refractivity contribution is 6.33. The lowest BCUT2D eigenvalue weighted by atomic mass is 10.2. The van der Waals surface area contributed by atoms with Crippen molar-refractivity contribution >= 4 is 23.2 Å². The van der Waals surface area contributed by atoms with Gasteiger partial charge in [0, 0.05) is 36.9 Å². The van der Waals surface area contributed by atoms with E-state index in [1.165, 1.54) is 0 Å². The fourth-order valence-electron chi connectivity index (χ4n) is 1.48. The number of hydrogen-bond acceptors (Lipinski definition) is 2. The Balaban J connectivity index is 2.39. The van der Waals surface area contributed by atoms with E-state index < -0.39 is 0 Å². The summed E-state index contributed by atoms with van der Waals surface area (Å²) in [5.74, 6) is 0.489. The minimum atomic E-state index is 0.489. The fourth-order valence-corrected chi connectivity index (χ4v) is 1.85. The Bertz CT molecular complexity index is 331. The van der Waals surface area contributed by atoms with Gasteiger partial charge in [0.25, 0.3) is 0 Å². The average molecular weight is 262 g/mol. The number of methoxy groups -OCH3 is 1. The molecule has 16 heavy (non-hydrogen) atoms. The fraction of sp³-hybridized carbons (Fsp3) is 0.500. The molecule has 0 fully saturated rings. The second-order valence-corrected chi connectivity index (χ2v) is 4.77. The van der Waals surface area contributed by atoms with Gasteiger partial charge >= 0.3 is 0 Å². The first-order valence-electron chi connectivity index (χ1n) is 5.27. The lowest BCUT2D eigenvalue weighted by Crippen LogP contribution is -2.23. The molecule has 2 nitrogen and oxygen atoms in total. The van der Waals surface area contributed by atoms with Gasteiger partial charge in [-0.1, -0.05) is 30.1 Å². The summed E-state index contributed by atoms with van der Waals surface area (Å²) < 4.78 is 5.06. The van der Waals surface area contributed by atoms with Crippen LogP contribution in [0.3, 0.4) is 0 Å². The van der Waals surface area contributed by atoms with Crippen molar-refractivity contribution in [2.24, 2.45) is 5.92 Å². The van der Waals surface area contributed by atoms with Crippen molar-refractivity contribution < 1.29 is 4.74 Å². The summed E-state index contributed by atoms with van der Waals surface area (Å²) >= 11 is 12.0. The summed E-state index contributed by atoms with van der Waals surface area (Å²) in [7, 11) is 1.71. The number of ether oxygens (including phenoxy) is 1. The van der Waals surface area contributed by atoms with Gasteiger partial charge in [-0.15, -0.1) is 0 Å². The molecule has 0 aliphatic rings. The molecule has 0 aliphatic carbocycles. The van der Waals surface area contributed by atoms with Gasteiger partial charge in [0.05, 0.1) is 0 Å². The second-order valence-electron chi connectivity index (χ2n) is 3.93. The Hall–Kier alpha value is -0.280. The predicted molar refractivity (Wildman–Crippen MR) is 69.2 cm³/mol. The first-order valence-corrected chi connectivity index (χ1v) is 6.02. The van der Waals surface area contributed by atoms with Gasteiger partial charge in [0.15, 0.2) is 0 Å². The first-order chi connectivity index (χ1) is 7.63. The Labute approximate surface area is 107 Å². The number of nitrogens with one attached hydrogen (secondary N) is 1. The van der Waals surface area contributed by atoms with Crippen LogP contribution in [0.15, 0.2) is 18.2 Å². The average Bonchev–Trinajstić information content (AvgIpc) is 2.23. The van der Waals surface area contributed by atoms with E-state index >= 15 is 0 Å². The minimum absolute atomic E-state index is 0.489. The summed E-state index contributed by atoms with van der Waals surface area (Å²) in [6.07, 6.45) is 0. The molecule has 1 unspecified atom stereocenters. The molecule has 1 N–H and O–H groups in total. The molecule has 0 spiro atoms. The van der Waals surface area contributed by atoms with Gasteiger partial charge in [-0.05, 0) is 29.7 Å². The molecule has 0 amide bonds. The molecule has 0 aromatic heterocycles. The van der Waals surface area contributed by atoms with Crippen LogP contribution in [0.1, 0.15) is 12.5 Å². The standard InChI is InChI=1S/C12H17Cl2NO/c1-9(8-16-2)6-15-7-10-5-11(13)3-4-12(10)14/h3-5,9,15H,6-8H2,1-2H3. The molecule has 0 aliphatic heterocycles. The Morgan fingerprint density at radius 1 is 1.38 bits per heavy atom. The molecule has 0 bridgehead atoms. The molecule has 4 heteroatoms.